The molecule has 0 aliphatic heterocycles. The van der Waals surface area contributed by atoms with Crippen LogP contribution >= 0.6 is 0 Å². The molecule has 0 radical (unpaired) electrons. The molecular weight excluding hydrogens is 138 g/mol. The van der Waals surface area contributed by atoms with E-state index in [2.05, 4.69) is 4.98 Å². The molecule has 0 fully saturated rings. The molecule has 3 heteroatoms. The standard InChI is InChI=1S/C8H9N3/c1-6-4-7(10)5-8(11-6)2-3-9/h4-5H,2H2,1H3,(H2,10,11). The molecule has 1 rings (SSSR count). The van der Waals surface area contributed by atoms with Crippen LogP contribution in [0.4, 0.5) is 5.69 Å². The number of pyridine rings is 1. The summed E-state index contributed by atoms with van der Waals surface area (Å²) in [4.78, 5) is 4.12. The minimum atomic E-state index is 0.325. The SMILES string of the molecule is Cc1cc(N)cc(CC#N)n1. The quantitative estimate of drug-likeness (QED) is 0.645. The van der Waals surface area contributed by atoms with E-state index in [1.807, 2.05) is 13.0 Å². The van der Waals surface area contributed by atoms with Crippen molar-refractivity contribution < 1.29 is 0 Å². The van der Waals surface area contributed by atoms with Gasteiger partial charge in [-0.15, -0.1) is 0 Å². The number of aryl methyl sites for hydroxylation is 1. The first-order valence-corrected chi connectivity index (χ1v) is 3.32. The van der Waals surface area contributed by atoms with Gasteiger partial charge in [0, 0.05) is 11.4 Å². The summed E-state index contributed by atoms with van der Waals surface area (Å²) in [6, 6.07) is 5.52. The van der Waals surface area contributed by atoms with E-state index in [1.54, 1.807) is 12.1 Å². The third kappa shape index (κ3) is 1.94. The van der Waals surface area contributed by atoms with Crippen molar-refractivity contribution in [3.05, 3.63) is 23.5 Å². The van der Waals surface area contributed by atoms with Gasteiger partial charge in [-0.25, -0.2) is 0 Å². The highest BCUT2D eigenvalue weighted by molar-refractivity contribution is 5.40. The number of aromatic nitrogens is 1. The maximum Gasteiger partial charge on any atom is 0.0775 e. The fourth-order valence-corrected chi connectivity index (χ4v) is 0.938. The normalized spacial score (nSPS) is 9.09. The molecule has 0 amide bonds. The first-order chi connectivity index (χ1) is 5.22. The second-order valence-corrected chi connectivity index (χ2v) is 2.37. The van der Waals surface area contributed by atoms with Crippen LogP contribution in [0.15, 0.2) is 12.1 Å². The topological polar surface area (TPSA) is 62.7 Å². The first kappa shape index (κ1) is 7.55. The van der Waals surface area contributed by atoms with Gasteiger partial charge < -0.3 is 5.73 Å². The van der Waals surface area contributed by atoms with Gasteiger partial charge in [0.05, 0.1) is 18.2 Å². The van der Waals surface area contributed by atoms with E-state index in [0.29, 0.717) is 12.1 Å². The van der Waals surface area contributed by atoms with Gasteiger partial charge in [0.25, 0.3) is 0 Å². The zero-order valence-corrected chi connectivity index (χ0v) is 6.33. The Morgan fingerprint density at radius 3 is 2.91 bits per heavy atom. The number of hydrogen-bond acceptors (Lipinski definition) is 3. The fourth-order valence-electron chi connectivity index (χ4n) is 0.938. The summed E-state index contributed by atoms with van der Waals surface area (Å²) in [5.41, 5.74) is 7.81. The average Bonchev–Trinajstić information content (AvgIpc) is 1.85. The van der Waals surface area contributed by atoms with E-state index < -0.39 is 0 Å². The van der Waals surface area contributed by atoms with Gasteiger partial charge in [0.2, 0.25) is 0 Å². The molecule has 11 heavy (non-hydrogen) atoms. The number of hydrogen-bond donors (Lipinski definition) is 1. The molecule has 56 valence electrons. The largest absolute Gasteiger partial charge is 0.399 e. The van der Waals surface area contributed by atoms with Crippen LogP contribution in [-0.4, -0.2) is 4.98 Å². The highest BCUT2D eigenvalue weighted by Crippen LogP contribution is 2.06. The van der Waals surface area contributed by atoms with Crippen molar-refractivity contribution in [3.63, 3.8) is 0 Å². The average molecular weight is 147 g/mol. The Morgan fingerprint density at radius 1 is 1.64 bits per heavy atom. The molecule has 0 spiro atoms. The Balaban J connectivity index is 3.01. The Kier molecular flexibility index (Phi) is 2.07. The van der Waals surface area contributed by atoms with E-state index >= 15 is 0 Å². The molecule has 0 saturated carbocycles. The Hall–Kier alpha value is -1.56. The third-order valence-corrected chi connectivity index (χ3v) is 1.29. The van der Waals surface area contributed by atoms with E-state index in [9.17, 15) is 0 Å². The lowest BCUT2D eigenvalue weighted by atomic mass is 10.2. The molecule has 1 heterocycles. The van der Waals surface area contributed by atoms with E-state index in [0.717, 1.165) is 11.4 Å². The van der Waals surface area contributed by atoms with Gasteiger partial charge in [0.15, 0.2) is 0 Å². The molecule has 2 N–H and O–H groups in total. The number of nitrogens with zero attached hydrogens (tertiary/aromatic N) is 2. The van der Waals surface area contributed by atoms with Crippen LogP contribution in [0.5, 0.6) is 0 Å². The molecule has 0 unspecified atom stereocenters. The fraction of sp³-hybridized carbons (Fsp3) is 0.250. The predicted molar refractivity (Wildman–Crippen MR) is 42.7 cm³/mol. The summed E-state index contributed by atoms with van der Waals surface area (Å²) in [6.07, 6.45) is 0.325. The lowest BCUT2D eigenvalue weighted by molar-refractivity contribution is 1.07. The van der Waals surface area contributed by atoms with Crippen molar-refractivity contribution in [2.45, 2.75) is 13.3 Å². The molecule has 0 aromatic carbocycles. The zero-order valence-electron chi connectivity index (χ0n) is 6.33. The molecular formula is C8H9N3. The number of anilines is 1. The molecule has 3 nitrogen and oxygen atoms in total. The van der Waals surface area contributed by atoms with Gasteiger partial charge in [-0.1, -0.05) is 0 Å². The Bertz CT molecular complexity index is 278. The summed E-state index contributed by atoms with van der Waals surface area (Å²) >= 11 is 0. The minimum absolute atomic E-state index is 0.325. The van der Waals surface area contributed by atoms with E-state index in [4.69, 9.17) is 11.0 Å². The molecule has 0 bridgehead atoms. The maximum absolute atomic E-state index is 8.37. The number of nitrogens with two attached hydrogens (primary N) is 1. The summed E-state index contributed by atoms with van der Waals surface area (Å²) in [7, 11) is 0. The molecule has 0 aliphatic carbocycles. The van der Waals surface area contributed by atoms with Crippen LogP contribution < -0.4 is 5.73 Å². The molecule has 0 atom stereocenters. The van der Waals surface area contributed by atoms with Crippen molar-refractivity contribution in [1.29, 1.82) is 5.26 Å². The van der Waals surface area contributed by atoms with Crippen LogP contribution in [-0.2, 0) is 6.42 Å². The van der Waals surface area contributed by atoms with Gasteiger partial charge in [0.1, 0.15) is 0 Å². The molecule has 0 aliphatic rings. The predicted octanol–water partition coefficient (Wildman–Crippen LogP) is 1.04. The van der Waals surface area contributed by atoms with Crippen molar-refractivity contribution in [2.24, 2.45) is 0 Å². The van der Waals surface area contributed by atoms with Crippen molar-refractivity contribution in [1.82, 2.24) is 4.98 Å². The molecule has 0 saturated heterocycles. The third-order valence-electron chi connectivity index (χ3n) is 1.29. The van der Waals surface area contributed by atoms with Crippen LogP contribution in [0.25, 0.3) is 0 Å². The lowest BCUT2D eigenvalue weighted by Crippen LogP contribution is -1.94. The first-order valence-electron chi connectivity index (χ1n) is 3.32. The maximum atomic E-state index is 8.37. The second kappa shape index (κ2) is 3.02. The van der Waals surface area contributed by atoms with Gasteiger partial charge in [-0.2, -0.15) is 5.26 Å². The van der Waals surface area contributed by atoms with Gasteiger partial charge in [-0.05, 0) is 19.1 Å². The van der Waals surface area contributed by atoms with Crippen molar-refractivity contribution >= 4 is 5.69 Å². The van der Waals surface area contributed by atoms with Crippen molar-refractivity contribution in [2.75, 3.05) is 5.73 Å². The Labute approximate surface area is 65.5 Å². The smallest absolute Gasteiger partial charge is 0.0775 e. The summed E-state index contributed by atoms with van der Waals surface area (Å²) in [6.45, 7) is 1.86. The van der Waals surface area contributed by atoms with Crippen LogP contribution in [0.2, 0.25) is 0 Å². The number of nitrogen functional groups attached to an aromatic ring is 1. The van der Waals surface area contributed by atoms with Gasteiger partial charge >= 0.3 is 0 Å². The summed E-state index contributed by atoms with van der Waals surface area (Å²) in [5, 5.41) is 8.37. The van der Waals surface area contributed by atoms with E-state index in [1.165, 1.54) is 0 Å². The minimum Gasteiger partial charge on any atom is -0.399 e. The summed E-state index contributed by atoms with van der Waals surface area (Å²) in [5.74, 6) is 0. The molecule has 1 aromatic heterocycles. The number of nitriles is 1. The van der Waals surface area contributed by atoms with Crippen LogP contribution in [0, 0.1) is 18.3 Å². The molecule has 1 aromatic rings. The monoisotopic (exact) mass is 147 g/mol. The zero-order chi connectivity index (χ0) is 8.27. The van der Waals surface area contributed by atoms with E-state index in [-0.39, 0.29) is 0 Å². The second-order valence-electron chi connectivity index (χ2n) is 2.37. The van der Waals surface area contributed by atoms with Crippen molar-refractivity contribution in [3.8, 4) is 6.07 Å². The highest BCUT2D eigenvalue weighted by Gasteiger charge is 1.95. The van der Waals surface area contributed by atoms with Crippen LogP contribution in [0.3, 0.4) is 0 Å². The highest BCUT2D eigenvalue weighted by atomic mass is 14.7. The Morgan fingerprint density at radius 2 is 2.36 bits per heavy atom. The van der Waals surface area contributed by atoms with Gasteiger partial charge in [-0.3, -0.25) is 4.98 Å². The number of rotatable bonds is 1. The lowest BCUT2D eigenvalue weighted by Gasteiger charge is -1.98. The van der Waals surface area contributed by atoms with Crippen LogP contribution in [0.1, 0.15) is 11.4 Å². The summed E-state index contributed by atoms with van der Waals surface area (Å²) < 4.78 is 0.